The number of amides is 1. The third kappa shape index (κ3) is 4.61. The highest BCUT2D eigenvalue weighted by atomic mass is 35.5. The number of carbonyl (C=O) groups excluding carboxylic acids is 2. The average Bonchev–Trinajstić information content (AvgIpc) is 2.56. The second kappa shape index (κ2) is 7.85. The number of halogens is 2. The van der Waals surface area contributed by atoms with Crippen LogP contribution in [0, 0.1) is 0 Å². The van der Waals surface area contributed by atoms with Gasteiger partial charge in [0.2, 0.25) is 0 Å². The van der Waals surface area contributed by atoms with Crippen molar-refractivity contribution in [1.29, 1.82) is 0 Å². The molecule has 0 aliphatic carbocycles. The second-order valence-corrected chi connectivity index (χ2v) is 5.31. The fraction of sp³-hybridized carbons (Fsp3) is 0.125. The predicted molar refractivity (Wildman–Crippen MR) is 89.0 cm³/mol. The number of aldehydes is 1. The highest BCUT2D eigenvalue weighted by Gasteiger charge is 2.09. The molecule has 0 aromatic heterocycles. The van der Waals surface area contributed by atoms with E-state index in [1.54, 1.807) is 24.3 Å². The Balaban J connectivity index is 2.01. The second-order valence-electron chi connectivity index (χ2n) is 4.49. The normalized spacial score (nSPS) is 10.0. The molecule has 0 unspecified atom stereocenters. The van der Waals surface area contributed by atoms with Gasteiger partial charge in [-0.15, -0.1) is 0 Å². The fourth-order valence-electron chi connectivity index (χ4n) is 1.79. The molecule has 0 atom stereocenters. The summed E-state index contributed by atoms with van der Waals surface area (Å²) in [5, 5.41) is 3.37. The van der Waals surface area contributed by atoms with Crippen molar-refractivity contribution in [2.45, 2.75) is 0 Å². The Hall–Kier alpha value is -2.24. The standard InChI is InChI=1S/C16H13Cl2NO4/c1-22-14-5-2-10(8-20)6-15(14)23-9-16(21)19-11-3-4-12(17)13(18)7-11/h2-8H,9H2,1H3,(H,19,21). The molecule has 2 rings (SSSR count). The molecule has 0 radical (unpaired) electrons. The number of benzene rings is 2. The molecule has 1 amide bonds. The van der Waals surface area contributed by atoms with Crippen LogP contribution in [-0.4, -0.2) is 25.9 Å². The topological polar surface area (TPSA) is 64.6 Å². The largest absolute Gasteiger partial charge is 0.493 e. The Morgan fingerprint density at radius 2 is 1.91 bits per heavy atom. The van der Waals surface area contributed by atoms with E-state index in [0.29, 0.717) is 39.1 Å². The van der Waals surface area contributed by atoms with Crippen molar-refractivity contribution in [1.82, 2.24) is 0 Å². The van der Waals surface area contributed by atoms with Crippen LogP contribution < -0.4 is 14.8 Å². The van der Waals surface area contributed by atoms with Crippen LogP contribution in [0.3, 0.4) is 0 Å². The Labute approximate surface area is 143 Å². The minimum Gasteiger partial charge on any atom is -0.493 e. The summed E-state index contributed by atoms with van der Waals surface area (Å²) in [5.74, 6) is 0.348. The highest BCUT2D eigenvalue weighted by Crippen LogP contribution is 2.28. The number of carbonyl (C=O) groups is 2. The van der Waals surface area contributed by atoms with Crippen LogP contribution in [-0.2, 0) is 4.79 Å². The SMILES string of the molecule is COc1ccc(C=O)cc1OCC(=O)Nc1ccc(Cl)c(Cl)c1. The van der Waals surface area contributed by atoms with E-state index in [-0.39, 0.29) is 12.5 Å². The smallest absolute Gasteiger partial charge is 0.262 e. The van der Waals surface area contributed by atoms with Crippen molar-refractivity contribution in [2.75, 3.05) is 19.0 Å². The summed E-state index contributed by atoms with van der Waals surface area (Å²) in [6, 6.07) is 9.43. The van der Waals surface area contributed by atoms with Crippen molar-refractivity contribution in [3.05, 3.63) is 52.0 Å². The van der Waals surface area contributed by atoms with Crippen LogP contribution in [0.25, 0.3) is 0 Å². The maximum absolute atomic E-state index is 11.9. The molecule has 2 aromatic rings. The zero-order valence-electron chi connectivity index (χ0n) is 12.1. The molecule has 0 heterocycles. The number of hydrogen-bond acceptors (Lipinski definition) is 4. The average molecular weight is 354 g/mol. The molecule has 0 saturated carbocycles. The van der Waals surface area contributed by atoms with Gasteiger partial charge in [0, 0.05) is 11.3 Å². The van der Waals surface area contributed by atoms with Crippen molar-refractivity contribution >= 4 is 41.1 Å². The number of nitrogens with one attached hydrogen (secondary N) is 1. The van der Waals surface area contributed by atoms with E-state index in [0.717, 1.165) is 0 Å². The molecule has 0 saturated heterocycles. The maximum Gasteiger partial charge on any atom is 0.262 e. The Morgan fingerprint density at radius 3 is 2.57 bits per heavy atom. The molecule has 23 heavy (non-hydrogen) atoms. The van der Waals surface area contributed by atoms with Gasteiger partial charge in [-0.1, -0.05) is 23.2 Å². The monoisotopic (exact) mass is 353 g/mol. The Bertz CT molecular complexity index is 734. The van der Waals surface area contributed by atoms with Gasteiger partial charge in [0.25, 0.3) is 5.91 Å². The molecule has 0 fully saturated rings. The van der Waals surface area contributed by atoms with Crippen LogP contribution in [0.15, 0.2) is 36.4 Å². The quantitative estimate of drug-likeness (QED) is 0.801. The van der Waals surface area contributed by atoms with Crippen LogP contribution in [0.2, 0.25) is 10.0 Å². The van der Waals surface area contributed by atoms with E-state index in [1.807, 2.05) is 0 Å². The summed E-state index contributed by atoms with van der Waals surface area (Å²) in [4.78, 5) is 22.7. The van der Waals surface area contributed by atoms with E-state index in [4.69, 9.17) is 32.7 Å². The molecule has 7 heteroatoms. The molecule has 0 spiro atoms. The van der Waals surface area contributed by atoms with Crippen molar-refractivity contribution in [2.24, 2.45) is 0 Å². The molecule has 120 valence electrons. The van der Waals surface area contributed by atoms with Gasteiger partial charge in [0.1, 0.15) is 6.29 Å². The van der Waals surface area contributed by atoms with E-state index < -0.39 is 0 Å². The third-order valence-corrected chi connectivity index (χ3v) is 3.62. The van der Waals surface area contributed by atoms with Crippen LogP contribution in [0.1, 0.15) is 10.4 Å². The van der Waals surface area contributed by atoms with E-state index in [9.17, 15) is 9.59 Å². The molecular weight excluding hydrogens is 341 g/mol. The summed E-state index contributed by atoms with van der Waals surface area (Å²) in [6.07, 6.45) is 0.683. The summed E-state index contributed by atoms with van der Waals surface area (Å²) >= 11 is 11.7. The fourth-order valence-corrected chi connectivity index (χ4v) is 2.09. The minimum atomic E-state index is -0.387. The van der Waals surface area contributed by atoms with Gasteiger partial charge in [-0.3, -0.25) is 9.59 Å². The van der Waals surface area contributed by atoms with Gasteiger partial charge >= 0.3 is 0 Å². The number of hydrogen-bond donors (Lipinski definition) is 1. The predicted octanol–water partition coefficient (Wildman–Crippen LogP) is 3.83. The van der Waals surface area contributed by atoms with Crippen LogP contribution in [0.5, 0.6) is 11.5 Å². The van der Waals surface area contributed by atoms with Gasteiger partial charge in [0.15, 0.2) is 18.1 Å². The molecule has 0 bridgehead atoms. The highest BCUT2D eigenvalue weighted by molar-refractivity contribution is 6.42. The molecule has 0 aliphatic heterocycles. The third-order valence-electron chi connectivity index (χ3n) is 2.89. The first-order valence-electron chi connectivity index (χ1n) is 6.54. The summed E-state index contributed by atoms with van der Waals surface area (Å²) in [7, 11) is 1.47. The first kappa shape index (κ1) is 17.1. The molecule has 5 nitrogen and oxygen atoms in total. The molecule has 0 aliphatic rings. The zero-order chi connectivity index (χ0) is 16.8. The summed E-state index contributed by atoms with van der Waals surface area (Å²) in [5.41, 5.74) is 0.923. The lowest BCUT2D eigenvalue weighted by atomic mass is 10.2. The van der Waals surface area contributed by atoms with Crippen molar-refractivity contribution in [3.8, 4) is 11.5 Å². The first-order chi connectivity index (χ1) is 11.0. The van der Waals surface area contributed by atoms with E-state index >= 15 is 0 Å². The van der Waals surface area contributed by atoms with Crippen molar-refractivity contribution < 1.29 is 19.1 Å². The minimum absolute atomic E-state index is 0.251. The van der Waals surface area contributed by atoms with Gasteiger partial charge in [-0.05, 0) is 36.4 Å². The number of methoxy groups -OCH3 is 1. The first-order valence-corrected chi connectivity index (χ1v) is 7.30. The lowest BCUT2D eigenvalue weighted by Gasteiger charge is -2.11. The van der Waals surface area contributed by atoms with Crippen molar-refractivity contribution in [3.63, 3.8) is 0 Å². The van der Waals surface area contributed by atoms with Gasteiger partial charge in [-0.2, -0.15) is 0 Å². The molecule has 1 N–H and O–H groups in total. The van der Waals surface area contributed by atoms with Gasteiger partial charge < -0.3 is 14.8 Å². The van der Waals surface area contributed by atoms with Crippen LogP contribution in [0.4, 0.5) is 5.69 Å². The number of rotatable bonds is 6. The van der Waals surface area contributed by atoms with Crippen LogP contribution >= 0.6 is 23.2 Å². The Kier molecular flexibility index (Phi) is 5.84. The van der Waals surface area contributed by atoms with E-state index in [1.165, 1.54) is 19.2 Å². The lowest BCUT2D eigenvalue weighted by Crippen LogP contribution is -2.20. The summed E-state index contributed by atoms with van der Waals surface area (Å²) < 4.78 is 10.5. The van der Waals surface area contributed by atoms with Gasteiger partial charge in [0.05, 0.1) is 17.2 Å². The van der Waals surface area contributed by atoms with Gasteiger partial charge in [-0.25, -0.2) is 0 Å². The lowest BCUT2D eigenvalue weighted by molar-refractivity contribution is -0.118. The number of anilines is 1. The van der Waals surface area contributed by atoms with E-state index in [2.05, 4.69) is 5.32 Å². The molecule has 2 aromatic carbocycles. The number of ether oxygens (including phenoxy) is 2. The molecular formula is C16H13Cl2NO4. The maximum atomic E-state index is 11.9. The zero-order valence-corrected chi connectivity index (χ0v) is 13.6. The summed E-state index contributed by atoms with van der Waals surface area (Å²) in [6.45, 7) is -0.251. The Morgan fingerprint density at radius 1 is 1.13 bits per heavy atom.